The van der Waals surface area contributed by atoms with Crippen LogP contribution in [0.1, 0.15) is 32.6 Å². The van der Waals surface area contributed by atoms with Crippen LogP contribution in [0.3, 0.4) is 0 Å². The maximum absolute atomic E-state index is 12.9. The molecule has 25 heavy (non-hydrogen) atoms. The minimum Gasteiger partial charge on any atom is -0.466 e. The molecule has 0 spiro atoms. The van der Waals surface area contributed by atoms with E-state index in [0.29, 0.717) is 45.0 Å². The highest BCUT2D eigenvalue weighted by molar-refractivity contribution is 5.80. The Hall–Kier alpha value is -2.18. The van der Waals surface area contributed by atoms with Crippen molar-refractivity contribution in [3.63, 3.8) is 0 Å². The summed E-state index contributed by atoms with van der Waals surface area (Å²) in [5.74, 6) is 0.685. The number of anilines is 1. The van der Waals surface area contributed by atoms with Gasteiger partial charge < -0.3 is 14.5 Å². The summed E-state index contributed by atoms with van der Waals surface area (Å²) in [6.07, 6.45) is 6.72. The van der Waals surface area contributed by atoms with Crippen LogP contribution in [0.25, 0.3) is 0 Å². The summed E-state index contributed by atoms with van der Waals surface area (Å²) in [7, 11) is 0. The van der Waals surface area contributed by atoms with Crippen LogP contribution in [-0.4, -0.2) is 59.5 Å². The number of rotatable bonds is 4. The van der Waals surface area contributed by atoms with Crippen molar-refractivity contribution in [3.05, 3.63) is 18.5 Å². The third-order valence-electron chi connectivity index (χ3n) is 5.03. The van der Waals surface area contributed by atoms with Crippen LogP contribution in [0.15, 0.2) is 18.5 Å². The topological polar surface area (TPSA) is 75.6 Å². The largest absolute Gasteiger partial charge is 0.466 e. The summed E-state index contributed by atoms with van der Waals surface area (Å²) in [4.78, 5) is 37.3. The van der Waals surface area contributed by atoms with Crippen molar-refractivity contribution in [3.8, 4) is 0 Å². The monoisotopic (exact) mass is 346 g/mol. The first kappa shape index (κ1) is 17.6. The van der Waals surface area contributed by atoms with Crippen molar-refractivity contribution in [2.45, 2.75) is 32.6 Å². The lowest BCUT2D eigenvalue weighted by molar-refractivity contribution is -0.151. The molecule has 0 aliphatic carbocycles. The SMILES string of the molecule is CCOC(=O)C1CCN(C(=O)C2CCCN(c3ncccn3)C2)CC1. The average molecular weight is 346 g/mol. The van der Waals surface area contributed by atoms with Gasteiger partial charge >= 0.3 is 5.97 Å². The lowest BCUT2D eigenvalue weighted by Crippen LogP contribution is -2.48. The van der Waals surface area contributed by atoms with Crippen molar-refractivity contribution >= 4 is 17.8 Å². The molecular formula is C18H26N4O3. The van der Waals surface area contributed by atoms with E-state index in [-0.39, 0.29) is 23.7 Å². The highest BCUT2D eigenvalue weighted by Crippen LogP contribution is 2.25. The normalized spacial score (nSPS) is 21.9. The van der Waals surface area contributed by atoms with Crippen LogP contribution in [-0.2, 0) is 14.3 Å². The Morgan fingerprint density at radius 1 is 1.12 bits per heavy atom. The average Bonchev–Trinajstić information content (AvgIpc) is 2.68. The van der Waals surface area contributed by atoms with E-state index in [1.54, 1.807) is 18.5 Å². The second-order valence-corrected chi connectivity index (χ2v) is 6.69. The van der Waals surface area contributed by atoms with Gasteiger partial charge in [-0.3, -0.25) is 9.59 Å². The molecule has 0 N–H and O–H groups in total. The molecule has 7 nitrogen and oxygen atoms in total. The Labute approximate surface area is 148 Å². The zero-order valence-corrected chi connectivity index (χ0v) is 14.8. The standard InChI is InChI=1S/C18H26N4O3/c1-2-25-17(24)14-6-11-21(12-7-14)16(23)15-5-3-10-22(13-15)18-19-8-4-9-20-18/h4,8-9,14-15H,2-3,5-7,10-13H2,1H3. The van der Waals surface area contributed by atoms with Gasteiger partial charge in [0, 0.05) is 38.6 Å². The first-order chi connectivity index (χ1) is 12.2. The molecular weight excluding hydrogens is 320 g/mol. The van der Waals surface area contributed by atoms with Gasteiger partial charge in [0.15, 0.2) is 0 Å². The summed E-state index contributed by atoms with van der Waals surface area (Å²) in [6, 6.07) is 1.80. The predicted molar refractivity (Wildman–Crippen MR) is 92.9 cm³/mol. The fraction of sp³-hybridized carbons (Fsp3) is 0.667. The summed E-state index contributed by atoms with van der Waals surface area (Å²) < 4.78 is 5.09. The van der Waals surface area contributed by atoms with Crippen LogP contribution in [0, 0.1) is 11.8 Å². The number of likely N-dealkylation sites (tertiary alicyclic amines) is 1. The van der Waals surface area contributed by atoms with Crippen molar-refractivity contribution in [2.24, 2.45) is 11.8 Å². The van der Waals surface area contributed by atoms with Crippen molar-refractivity contribution in [1.82, 2.24) is 14.9 Å². The first-order valence-corrected chi connectivity index (χ1v) is 9.16. The number of nitrogens with zero attached hydrogens (tertiary/aromatic N) is 4. The molecule has 2 fully saturated rings. The van der Waals surface area contributed by atoms with Gasteiger partial charge in [-0.1, -0.05) is 0 Å². The number of amides is 1. The zero-order valence-electron chi connectivity index (χ0n) is 14.8. The molecule has 1 unspecified atom stereocenters. The minimum atomic E-state index is -0.125. The van der Waals surface area contributed by atoms with Crippen LogP contribution >= 0.6 is 0 Å². The lowest BCUT2D eigenvalue weighted by atomic mass is 9.93. The molecule has 0 radical (unpaired) electrons. The number of aromatic nitrogens is 2. The number of carbonyl (C=O) groups is 2. The molecule has 3 heterocycles. The minimum absolute atomic E-state index is 0.0169. The van der Waals surface area contributed by atoms with E-state index >= 15 is 0 Å². The summed E-state index contributed by atoms with van der Waals surface area (Å²) in [5.41, 5.74) is 0. The molecule has 0 aromatic carbocycles. The molecule has 2 aliphatic rings. The van der Waals surface area contributed by atoms with E-state index < -0.39 is 0 Å². The van der Waals surface area contributed by atoms with Gasteiger partial charge in [0.25, 0.3) is 0 Å². The van der Waals surface area contributed by atoms with Gasteiger partial charge in [-0.2, -0.15) is 0 Å². The summed E-state index contributed by atoms with van der Waals surface area (Å²) >= 11 is 0. The van der Waals surface area contributed by atoms with Crippen LogP contribution in [0.5, 0.6) is 0 Å². The summed E-state index contributed by atoms with van der Waals surface area (Å²) in [5, 5.41) is 0. The van der Waals surface area contributed by atoms with Crippen molar-refractivity contribution < 1.29 is 14.3 Å². The van der Waals surface area contributed by atoms with E-state index in [0.717, 1.165) is 19.4 Å². The molecule has 7 heteroatoms. The molecule has 136 valence electrons. The van der Waals surface area contributed by atoms with Crippen LogP contribution in [0.2, 0.25) is 0 Å². The Morgan fingerprint density at radius 2 is 1.84 bits per heavy atom. The Kier molecular flexibility index (Phi) is 5.83. The zero-order chi connectivity index (χ0) is 17.6. The van der Waals surface area contributed by atoms with E-state index in [4.69, 9.17) is 4.74 Å². The maximum Gasteiger partial charge on any atom is 0.309 e. The number of ether oxygens (including phenoxy) is 1. The highest BCUT2D eigenvalue weighted by atomic mass is 16.5. The summed E-state index contributed by atoms with van der Waals surface area (Å²) in [6.45, 7) is 5.07. The smallest absolute Gasteiger partial charge is 0.309 e. The van der Waals surface area contributed by atoms with E-state index in [1.807, 2.05) is 11.8 Å². The fourth-order valence-electron chi connectivity index (χ4n) is 3.67. The second-order valence-electron chi connectivity index (χ2n) is 6.69. The maximum atomic E-state index is 12.9. The van der Waals surface area contributed by atoms with E-state index in [1.165, 1.54) is 0 Å². The number of hydrogen-bond acceptors (Lipinski definition) is 6. The molecule has 0 bridgehead atoms. The molecule has 3 rings (SSSR count). The Bertz CT molecular complexity index is 587. The molecule has 2 saturated heterocycles. The van der Waals surface area contributed by atoms with Gasteiger partial charge in [0.05, 0.1) is 18.4 Å². The quantitative estimate of drug-likeness (QED) is 0.769. The Balaban J connectivity index is 1.54. The third-order valence-corrected chi connectivity index (χ3v) is 5.03. The highest BCUT2D eigenvalue weighted by Gasteiger charge is 2.33. The van der Waals surface area contributed by atoms with Gasteiger partial charge in [-0.15, -0.1) is 0 Å². The molecule has 1 aromatic heterocycles. The number of carbonyl (C=O) groups excluding carboxylic acids is 2. The van der Waals surface area contributed by atoms with Gasteiger partial charge in [0.2, 0.25) is 11.9 Å². The van der Waals surface area contributed by atoms with Gasteiger partial charge in [0.1, 0.15) is 0 Å². The Morgan fingerprint density at radius 3 is 2.52 bits per heavy atom. The van der Waals surface area contributed by atoms with Gasteiger partial charge in [-0.25, -0.2) is 9.97 Å². The first-order valence-electron chi connectivity index (χ1n) is 9.16. The predicted octanol–water partition coefficient (Wildman–Crippen LogP) is 1.49. The van der Waals surface area contributed by atoms with Crippen molar-refractivity contribution in [1.29, 1.82) is 0 Å². The van der Waals surface area contributed by atoms with Gasteiger partial charge in [-0.05, 0) is 38.7 Å². The number of piperidine rings is 2. The number of esters is 1. The van der Waals surface area contributed by atoms with Crippen LogP contribution in [0.4, 0.5) is 5.95 Å². The fourth-order valence-corrected chi connectivity index (χ4v) is 3.67. The second kappa shape index (κ2) is 8.27. The third kappa shape index (κ3) is 4.27. The molecule has 0 saturated carbocycles. The van der Waals surface area contributed by atoms with E-state index in [2.05, 4.69) is 14.9 Å². The van der Waals surface area contributed by atoms with Crippen LogP contribution < -0.4 is 4.90 Å². The molecule has 1 amide bonds. The molecule has 1 aromatic rings. The molecule has 2 aliphatic heterocycles. The van der Waals surface area contributed by atoms with Crippen molar-refractivity contribution in [2.75, 3.05) is 37.7 Å². The van der Waals surface area contributed by atoms with E-state index in [9.17, 15) is 9.59 Å². The number of hydrogen-bond donors (Lipinski definition) is 0. The molecule has 1 atom stereocenters. The lowest BCUT2D eigenvalue weighted by Gasteiger charge is -2.37.